The lowest BCUT2D eigenvalue weighted by Crippen LogP contribution is -2.24. The van der Waals surface area contributed by atoms with Crippen LogP contribution in [0.5, 0.6) is 6.01 Å². The summed E-state index contributed by atoms with van der Waals surface area (Å²) in [4.78, 5) is 8.08. The molecule has 0 amide bonds. The van der Waals surface area contributed by atoms with Crippen LogP contribution in [0, 0.1) is 5.92 Å². The number of hydrogen-bond donors (Lipinski definition) is 1. The minimum Gasteiger partial charge on any atom is -0.460 e. The Balaban J connectivity index is 1.96. The first-order valence-corrected chi connectivity index (χ1v) is 5.49. The van der Waals surface area contributed by atoms with E-state index in [0.29, 0.717) is 11.8 Å². The van der Waals surface area contributed by atoms with Crippen molar-refractivity contribution in [3.05, 3.63) is 12.3 Å². The van der Waals surface area contributed by atoms with Crippen LogP contribution in [0.4, 0.5) is 5.82 Å². The van der Waals surface area contributed by atoms with E-state index in [1.54, 1.807) is 12.3 Å². The number of ether oxygens (including phenoxy) is 1. The molecule has 2 atom stereocenters. The minimum atomic E-state index is 0.260. The highest BCUT2D eigenvalue weighted by Crippen LogP contribution is 2.26. The lowest BCUT2D eigenvalue weighted by Gasteiger charge is -2.26. The monoisotopic (exact) mass is 207 g/mol. The van der Waals surface area contributed by atoms with Crippen LogP contribution in [0.1, 0.15) is 32.6 Å². The molecule has 0 bridgehead atoms. The average molecular weight is 207 g/mol. The average Bonchev–Trinajstić information content (AvgIpc) is 2.17. The molecule has 4 heteroatoms. The van der Waals surface area contributed by atoms with Gasteiger partial charge in [-0.3, -0.25) is 0 Å². The molecule has 1 aromatic rings. The summed E-state index contributed by atoms with van der Waals surface area (Å²) in [7, 11) is 0. The molecule has 4 nitrogen and oxygen atoms in total. The van der Waals surface area contributed by atoms with Gasteiger partial charge < -0.3 is 10.5 Å². The fourth-order valence-electron chi connectivity index (χ4n) is 2.05. The standard InChI is InChI=1S/C11H17N3O/c1-8-3-2-4-9(7-8)15-11-13-6-5-10(12)14-11/h5-6,8-9H,2-4,7H2,1H3,(H2,12,13,14). The van der Waals surface area contributed by atoms with Gasteiger partial charge >= 0.3 is 6.01 Å². The molecule has 0 spiro atoms. The fourth-order valence-corrected chi connectivity index (χ4v) is 2.05. The van der Waals surface area contributed by atoms with E-state index in [4.69, 9.17) is 10.5 Å². The van der Waals surface area contributed by atoms with Gasteiger partial charge in [0.25, 0.3) is 0 Å². The topological polar surface area (TPSA) is 61.0 Å². The summed E-state index contributed by atoms with van der Waals surface area (Å²) in [6.07, 6.45) is 6.62. The van der Waals surface area contributed by atoms with E-state index in [2.05, 4.69) is 16.9 Å². The Morgan fingerprint density at radius 3 is 3.07 bits per heavy atom. The molecule has 1 aliphatic rings. The van der Waals surface area contributed by atoms with Crippen LogP contribution < -0.4 is 10.5 Å². The Morgan fingerprint density at radius 2 is 2.33 bits per heavy atom. The highest BCUT2D eigenvalue weighted by atomic mass is 16.5. The first kappa shape index (κ1) is 10.2. The van der Waals surface area contributed by atoms with Gasteiger partial charge in [-0.1, -0.05) is 13.3 Å². The van der Waals surface area contributed by atoms with Gasteiger partial charge in [0.2, 0.25) is 0 Å². The van der Waals surface area contributed by atoms with E-state index < -0.39 is 0 Å². The third kappa shape index (κ3) is 2.81. The molecule has 82 valence electrons. The van der Waals surface area contributed by atoms with Gasteiger partial charge in [0.05, 0.1) is 0 Å². The summed E-state index contributed by atoms with van der Waals surface area (Å²) in [5, 5.41) is 0. The number of anilines is 1. The van der Waals surface area contributed by atoms with E-state index in [9.17, 15) is 0 Å². The zero-order chi connectivity index (χ0) is 10.7. The van der Waals surface area contributed by atoms with Crippen molar-refractivity contribution in [3.63, 3.8) is 0 Å². The van der Waals surface area contributed by atoms with Crippen LogP contribution in [0.25, 0.3) is 0 Å². The predicted molar refractivity (Wildman–Crippen MR) is 58.5 cm³/mol. The second-order valence-corrected chi connectivity index (χ2v) is 4.28. The van der Waals surface area contributed by atoms with Crippen LogP contribution in [-0.4, -0.2) is 16.1 Å². The molecule has 1 fully saturated rings. The van der Waals surface area contributed by atoms with E-state index in [0.717, 1.165) is 18.8 Å². The van der Waals surface area contributed by atoms with Crippen LogP contribution in [0.15, 0.2) is 12.3 Å². The van der Waals surface area contributed by atoms with Gasteiger partial charge in [0.15, 0.2) is 0 Å². The second-order valence-electron chi connectivity index (χ2n) is 4.28. The molecular formula is C11H17N3O. The molecule has 15 heavy (non-hydrogen) atoms. The fraction of sp³-hybridized carbons (Fsp3) is 0.636. The van der Waals surface area contributed by atoms with Crippen molar-refractivity contribution in [2.24, 2.45) is 5.92 Å². The molecule has 1 heterocycles. The van der Waals surface area contributed by atoms with Gasteiger partial charge in [0, 0.05) is 6.20 Å². The number of aromatic nitrogens is 2. The maximum atomic E-state index is 5.70. The van der Waals surface area contributed by atoms with Crippen molar-refractivity contribution in [3.8, 4) is 6.01 Å². The number of nitrogens with two attached hydrogens (primary N) is 1. The molecule has 0 aliphatic heterocycles. The summed E-state index contributed by atoms with van der Waals surface area (Å²) in [6, 6.07) is 2.07. The van der Waals surface area contributed by atoms with Crippen molar-refractivity contribution in [2.75, 3.05) is 5.73 Å². The van der Waals surface area contributed by atoms with Crippen molar-refractivity contribution in [1.82, 2.24) is 9.97 Å². The highest BCUT2D eigenvalue weighted by Gasteiger charge is 2.20. The second kappa shape index (κ2) is 4.47. The molecule has 1 saturated carbocycles. The van der Waals surface area contributed by atoms with Crippen molar-refractivity contribution in [1.29, 1.82) is 0 Å². The molecule has 0 aromatic carbocycles. The van der Waals surface area contributed by atoms with Crippen LogP contribution in [0.2, 0.25) is 0 Å². The molecule has 2 N–H and O–H groups in total. The summed E-state index contributed by atoms with van der Waals surface area (Å²) in [5.74, 6) is 1.20. The first-order valence-electron chi connectivity index (χ1n) is 5.49. The molecule has 1 aliphatic carbocycles. The van der Waals surface area contributed by atoms with Crippen LogP contribution in [-0.2, 0) is 0 Å². The molecular weight excluding hydrogens is 190 g/mol. The Kier molecular flexibility index (Phi) is 3.04. The summed E-state index contributed by atoms with van der Waals surface area (Å²) >= 11 is 0. The lowest BCUT2D eigenvalue weighted by atomic mass is 9.89. The summed E-state index contributed by atoms with van der Waals surface area (Å²) < 4.78 is 5.70. The lowest BCUT2D eigenvalue weighted by molar-refractivity contribution is 0.118. The van der Waals surface area contributed by atoms with Crippen molar-refractivity contribution in [2.45, 2.75) is 38.7 Å². The number of rotatable bonds is 2. The zero-order valence-corrected chi connectivity index (χ0v) is 9.02. The Labute approximate surface area is 89.9 Å². The quantitative estimate of drug-likeness (QED) is 0.805. The molecule has 2 unspecified atom stereocenters. The third-order valence-electron chi connectivity index (χ3n) is 2.82. The number of nitrogen functional groups attached to an aromatic ring is 1. The van der Waals surface area contributed by atoms with E-state index in [-0.39, 0.29) is 6.10 Å². The maximum absolute atomic E-state index is 5.70. The summed E-state index contributed by atoms with van der Waals surface area (Å²) in [6.45, 7) is 2.26. The van der Waals surface area contributed by atoms with E-state index in [1.165, 1.54) is 12.8 Å². The van der Waals surface area contributed by atoms with Crippen LogP contribution in [0.3, 0.4) is 0 Å². The third-order valence-corrected chi connectivity index (χ3v) is 2.82. The first-order chi connectivity index (χ1) is 7.24. The van der Waals surface area contributed by atoms with E-state index in [1.807, 2.05) is 0 Å². The zero-order valence-electron chi connectivity index (χ0n) is 9.02. The van der Waals surface area contributed by atoms with Gasteiger partial charge in [-0.25, -0.2) is 4.98 Å². The SMILES string of the molecule is CC1CCCC(Oc2nccc(N)n2)C1. The van der Waals surface area contributed by atoms with Gasteiger partial charge in [-0.15, -0.1) is 0 Å². The largest absolute Gasteiger partial charge is 0.460 e. The Hall–Kier alpha value is -1.32. The molecule has 0 radical (unpaired) electrons. The predicted octanol–water partition coefficient (Wildman–Crippen LogP) is 2.02. The Bertz CT molecular complexity index is 329. The normalized spacial score (nSPS) is 26.2. The molecule has 2 rings (SSSR count). The minimum absolute atomic E-state index is 0.260. The van der Waals surface area contributed by atoms with E-state index >= 15 is 0 Å². The van der Waals surface area contributed by atoms with Gasteiger partial charge in [-0.05, 0) is 31.2 Å². The van der Waals surface area contributed by atoms with Crippen molar-refractivity contribution >= 4 is 5.82 Å². The van der Waals surface area contributed by atoms with Crippen LogP contribution >= 0.6 is 0 Å². The van der Waals surface area contributed by atoms with Crippen molar-refractivity contribution < 1.29 is 4.74 Å². The Morgan fingerprint density at radius 1 is 1.47 bits per heavy atom. The van der Waals surface area contributed by atoms with Gasteiger partial charge in [0.1, 0.15) is 11.9 Å². The summed E-state index contributed by atoms with van der Waals surface area (Å²) in [5.41, 5.74) is 5.56. The number of nitrogens with zero attached hydrogens (tertiary/aromatic N) is 2. The maximum Gasteiger partial charge on any atom is 0.318 e. The molecule has 0 saturated heterocycles. The highest BCUT2D eigenvalue weighted by molar-refractivity contribution is 5.26. The molecule has 1 aromatic heterocycles. The number of hydrogen-bond acceptors (Lipinski definition) is 4. The van der Waals surface area contributed by atoms with Gasteiger partial charge in [-0.2, -0.15) is 4.98 Å². The smallest absolute Gasteiger partial charge is 0.318 e.